The van der Waals surface area contributed by atoms with Gasteiger partial charge < -0.3 is 10.3 Å². The lowest BCUT2D eigenvalue weighted by atomic mass is 9.88. The number of hydrogen-bond donors (Lipinski definition) is 2. The van der Waals surface area contributed by atoms with Gasteiger partial charge in [0.2, 0.25) is 0 Å². The summed E-state index contributed by atoms with van der Waals surface area (Å²) in [6.07, 6.45) is 5.93. The van der Waals surface area contributed by atoms with Crippen LogP contribution in [0.2, 0.25) is 0 Å². The molecule has 1 saturated carbocycles. The normalized spacial score (nSPS) is 16.5. The van der Waals surface area contributed by atoms with E-state index in [0.29, 0.717) is 5.56 Å². The van der Waals surface area contributed by atoms with Crippen LogP contribution in [0.4, 0.5) is 0 Å². The first-order chi connectivity index (χ1) is 11.3. The van der Waals surface area contributed by atoms with Crippen LogP contribution in [0.15, 0.2) is 54.9 Å². The summed E-state index contributed by atoms with van der Waals surface area (Å²) >= 11 is 0. The van der Waals surface area contributed by atoms with Gasteiger partial charge in [0, 0.05) is 5.56 Å². The van der Waals surface area contributed by atoms with Crippen molar-refractivity contribution in [2.45, 2.75) is 31.2 Å². The minimum Gasteiger partial charge on any atom is -0.345 e. The van der Waals surface area contributed by atoms with Gasteiger partial charge in [-0.15, -0.1) is 0 Å². The molecule has 0 saturated heterocycles. The third-order valence-corrected chi connectivity index (χ3v) is 4.82. The Morgan fingerprint density at radius 1 is 1.09 bits per heavy atom. The summed E-state index contributed by atoms with van der Waals surface area (Å²) in [6, 6.07) is 15.9. The molecule has 1 aliphatic rings. The van der Waals surface area contributed by atoms with Crippen molar-refractivity contribution in [1.82, 2.24) is 15.3 Å². The van der Waals surface area contributed by atoms with Crippen molar-refractivity contribution >= 4 is 16.9 Å². The molecule has 1 aromatic heterocycles. The number of H-pyrrole nitrogens is 1. The zero-order valence-electron chi connectivity index (χ0n) is 12.9. The molecule has 1 aliphatic carbocycles. The Hall–Kier alpha value is -2.62. The topological polar surface area (TPSA) is 57.8 Å². The first-order valence-corrected chi connectivity index (χ1v) is 8.08. The first-order valence-electron chi connectivity index (χ1n) is 8.08. The number of imidazole rings is 1. The summed E-state index contributed by atoms with van der Waals surface area (Å²) in [7, 11) is 0. The number of aromatic amines is 1. The van der Waals surface area contributed by atoms with Crippen LogP contribution in [-0.2, 0) is 5.54 Å². The molecule has 0 atom stereocenters. The van der Waals surface area contributed by atoms with Gasteiger partial charge in [-0.05, 0) is 36.6 Å². The highest BCUT2D eigenvalue weighted by molar-refractivity contribution is 5.97. The second kappa shape index (κ2) is 5.54. The molecule has 0 spiro atoms. The molecule has 3 aromatic rings. The lowest BCUT2D eigenvalue weighted by molar-refractivity contribution is 0.0898. The van der Waals surface area contributed by atoms with Gasteiger partial charge in [0.25, 0.3) is 5.91 Å². The third kappa shape index (κ3) is 2.50. The Morgan fingerprint density at radius 2 is 1.87 bits per heavy atom. The van der Waals surface area contributed by atoms with E-state index in [1.807, 2.05) is 36.4 Å². The SMILES string of the molecule is O=C(NC1(c2ccccc2)CCCC1)c1ccc2nc[nH]c2c1. The number of fused-ring (bicyclic) bond motifs is 1. The number of nitrogens with zero attached hydrogens (tertiary/aromatic N) is 1. The van der Waals surface area contributed by atoms with Crippen LogP contribution in [-0.4, -0.2) is 15.9 Å². The fourth-order valence-corrected chi connectivity index (χ4v) is 3.59. The van der Waals surface area contributed by atoms with Gasteiger partial charge in [0.1, 0.15) is 0 Å². The highest BCUT2D eigenvalue weighted by Crippen LogP contribution is 2.38. The van der Waals surface area contributed by atoms with Crippen LogP contribution in [0.3, 0.4) is 0 Å². The number of nitrogens with one attached hydrogen (secondary N) is 2. The fraction of sp³-hybridized carbons (Fsp3) is 0.263. The van der Waals surface area contributed by atoms with Crippen LogP contribution < -0.4 is 5.32 Å². The summed E-state index contributed by atoms with van der Waals surface area (Å²) in [6.45, 7) is 0. The van der Waals surface area contributed by atoms with Gasteiger partial charge in [-0.3, -0.25) is 4.79 Å². The van der Waals surface area contributed by atoms with Crippen molar-refractivity contribution in [3.8, 4) is 0 Å². The summed E-state index contributed by atoms with van der Waals surface area (Å²) < 4.78 is 0. The lowest BCUT2D eigenvalue weighted by Crippen LogP contribution is -2.43. The molecule has 4 rings (SSSR count). The van der Waals surface area contributed by atoms with E-state index in [9.17, 15) is 4.79 Å². The summed E-state index contributed by atoms with van der Waals surface area (Å²) in [4.78, 5) is 20.1. The number of aromatic nitrogens is 2. The van der Waals surface area contributed by atoms with Crippen molar-refractivity contribution in [2.75, 3.05) is 0 Å². The quantitative estimate of drug-likeness (QED) is 0.774. The molecule has 116 valence electrons. The van der Waals surface area contributed by atoms with Gasteiger partial charge in [-0.25, -0.2) is 4.98 Å². The number of carbonyl (C=O) groups is 1. The maximum atomic E-state index is 12.8. The molecule has 0 unspecified atom stereocenters. The standard InChI is InChI=1S/C19H19N3O/c23-18(14-8-9-16-17(12-14)21-13-20-16)22-19(10-4-5-11-19)15-6-2-1-3-7-15/h1-3,6-9,12-13H,4-5,10-11H2,(H,20,21)(H,22,23). The number of amides is 1. The van der Waals surface area contributed by atoms with E-state index >= 15 is 0 Å². The molecule has 0 bridgehead atoms. The molecule has 23 heavy (non-hydrogen) atoms. The number of hydrogen-bond acceptors (Lipinski definition) is 2. The van der Waals surface area contributed by atoms with Crippen molar-refractivity contribution in [3.63, 3.8) is 0 Å². The summed E-state index contributed by atoms with van der Waals surface area (Å²) in [5, 5.41) is 3.31. The van der Waals surface area contributed by atoms with Crippen molar-refractivity contribution in [1.29, 1.82) is 0 Å². The molecule has 0 aliphatic heterocycles. The molecule has 2 aromatic carbocycles. The Bertz CT molecular complexity index is 832. The Balaban J connectivity index is 1.65. The zero-order valence-corrected chi connectivity index (χ0v) is 12.9. The maximum Gasteiger partial charge on any atom is 0.252 e. The van der Waals surface area contributed by atoms with E-state index in [-0.39, 0.29) is 11.4 Å². The van der Waals surface area contributed by atoms with E-state index in [2.05, 4.69) is 27.4 Å². The molecule has 0 radical (unpaired) electrons. The highest BCUT2D eigenvalue weighted by atomic mass is 16.1. The Morgan fingerprint density at radius 3 is 2.65 bits per heavy atom. The van der Waals surface area contributed by atoms with Gasteiger partial charge in [0.05, 0.1) is 22.9 Å². The van der Waals surface area contributed by atoms with Crippen molar-refractivity contribution in [3.05, 3.63) is 66.0 Å². The predicted octanol–water partition coefficient (Wildman–Crippen LogP) is 3.76. The third-order valence-electron chi connectivity index (χ3n) is 4.82. The maximum absolute atomic E-state index is 12.8. The van der Waals surface area contributed by atoms with Crippen LogP contribution in [0.5, 0.6) is 0 Å². The highest BCUT2D eigenvalue weighted by Gasteiger charge is 2.37. The average Bonchev–Trinajstić information content (AvgIpc) is 3.24. The second-order valence-electron chi connectivity index (χ2n) is 6.24. The van der Waals surface area contributed by atoms with Crippen molar-refractivity contribution < 1.29 is 4.79 Å². The summed E-state index contributed by atoms with van der Waals surface area (Å²) in [5.41, 5.74) is 3.40. The largest absolute Gasteiger partial charge is 0.345 e. The zero-order chi connectivity index (χ0) is 15.7. The molecule has 2 N–H and O–H groups in total. The second-order valence-corrected chi connectivity index (χ2v) is 6.24. The Labute approximate surface area is 134 Å². The number of carbonyl (C=O) groups excluding carboxylic acids is 1. The molecule has 4 nitrogen and oxygen atoms in total. The smallest absolute Gasteiger partial charge is 0.252 e. The van der Waals surface area contributed by atoms with E-state index in [1.165, 1.54) is 5.56 Å². The molecule has 1 amide bonds. The average molecular weight is 305 g/mol. The van der Waals surface area contributed by atoms with Crippen LogP contribution >= 0.6 is 0 Å². The molecular formula is C19H19N3O. The number of rotatable bonds is 3. The van der Waals surface area contributed by atoms with Gasteiger partial charge in [-0.1, -0.05) is 43.2 Å². The van der Waals surface area contributed by atoms with Gasteiger partial charge in [-0.2, -0.15) is 0 Å². The number of benzene rings is 2. The first kappa shape index (κ1) is 14.0. The van der Waals surface area contributed by atoms with Gasteiger partial charge in [0.15, 0.2) is 0 Å². The van der Waals surface area contributed by atoms with E-state index < -0.39 is 0 Å². The lowest BCUT2D eigenvalue weighted by Gasteiger charge is -2.31. The molecule has 1 heterocycles. The minimum absolute atomic E-state index is 0.0211. The summed E-state index contributed by atoms with van der Waals surface area (Å²) in [5.74, 6) is -0.0211. The molecular weight excluding hydrogens is 286 g/mol. The minimum atomic E-state index is -0.235. The van der Waals surface area contributed by atoms with E-state index in [1.54, 1.807) is 6.33 Å². The van der Waals surface area contributed by atoms with Crippen LogP contribution in [0.25, 0.3) is 11.0 Å². The Kier molecular flexibility index (Phi) is 3.37. The molecule has 1 fully saturated rings. The fourth-order valence-electron chi connectivity index (χ4n) is 3.59. The monoisotopic (exact) mass is 305 g/mol. The molecule has 4 heteroatoms. The van der Waals surface area contributed by atoms with Gasteiger partial charge >= 0.3 is 0 Å². The van der Waals surface area contributed by atoms with Crippen molar-refractivity contribution in [2.24, 2.45) is 0 Å². The van der Waals surface area contributed by atoms with E-state index in [4.69, 9.17) is 0 Å². The van der Waals surface area contributed by atoms with E-state index in [0.717, 1.165) is 36.7 Å². The van der Waals surface area contributed by atoms with Crippen LogP contribution in [0.1, 0.15) is 41.6 Å². The predicted molar refractivity (Wildman–Crippen MR) is 90.1 cm³/mol. The van der Waals surface area contributed by atoms with Crippen LogP contribution in [0, 0.1) is 0 Å².